The number of rotatable bonds is 6. The van der Waals surface area contributed by atoms with Crippen LogP contribution in [0.5, 0.6) is 0 Å². The van der Waals surface area contributed by atoms with Crippen LogP contribution in [0.2, 0.25) is 0 Å². The Morgan fingerprint density at radius 1 is 1.09 bits per heavy atom. The predicted molar refractivity (Wildman–Crippen MR) is 44.5 cm³/mol. The number of hydrogen-bond donors (Lipinski definition) is 0. The van der Waals surface area contributed by atoms with Crippen LogP contribution in [0, 0.1) is 0 Å². The summed E-state index contributed by atoms with van der Waals surface area (Å²) in [4.78, 5) is 0. The molecule has 1 saturated carbocycles. The second-order valence-corrected chi connectivity index (χ2v) is 2.56. The highest BCUT2D eigenvalue weighted by Gasteiger charge is 2.38. The molecule has 62 valence electrons. The molecule has 11 heavy (non-hydrogen) atoms. The molecule has 2 unspecified atom stereocenters. The fourth-order valence-corrected chi connectivity index (χ4v) is 0.884. The van der Waals surface area contributed by atoms with Gasteiger partial charge in [-0.3, -0.25) is 0 Å². The lowest BCUT2D eigenvalue weighted by atomic mass is 10.6. The second-order valence-electron chi connectivity index (χ2n) is 2.56. The van der Waals surface area contributed by atoms with Crippen molar-refractivity contribution in [1.29, 1.82) is 0 Å². The molecule has 0 heterocycles. The van der Waals surface area contributed by atoms with E-state index in [0.29, 0.717) is 25.4 Å². The van der Waals surface area contributed by atoms with Crippen molar-refractivity contribution in [1.82, 2.24) is 0 Å². The van der Waals surface area contributed by atoms with Gasteiger partial charge in [-0.2, -0.15) is 0 Å². The van der Waals surface area contributed by atoms with E-state index >= 15 is 0 Å². The van der Waals surface area contributed by atoms with Crippen molar-refractivity contribution in [2.45, 2.75) is 18.6 Å². The van der Waals surface area contributed by atoms with Gasteiger partial charge >= 0.3 is 0 Å². The van der Waals surface area contributed by atoms with E-state index in [1.165, 1.54) is 0 Å². The Balaban J connectivity index is 1.97. The van der Waals surface area contributed by atoms with E-state index in [1.807, 2.05) is 0 Å². The highest BCUT2D eigenvalue weighted by atomic mass is 16.6. The first-order valence-electron chi connectivity index (χ1n) is 3.83. The molecular formula is C9H14O2. The van der Waals surface area contributed by atoms with E-state index in [9.17, 15) is 0 Å². The van der Waals surface area contributed by atoms with Gasteiger partial charge in [-0.1, -0.05) is 12.2 Å². The van der Waals surface area contributed by atoms with Crippen molar-refractivity contribution in [3.05, 3.63) is 25.3 Å². The Morgan fingerprint density at radius 3 is 1.91 bits per heavy atom. The smallest absolute Gasteiger partial charge is 0.0867 e. The van der Waals surface area contributed by atoms with Gasteiger partial charge in [0.05, 0.1) is 25.4 Å². The highest BCUT2D eigenvalue weighted by molar-refractivity contribution is 4.91. The molecule has 0 bridgehead atoms. The summed E-state index contributed by atoms with van der Waals surface area (Å²) in [5.74, 6) is 0. The standard InChI is InChI=1S/C9H14O2/c1-3-5-10-8-7-9(8)11-6-4-2/h3-4,8-9H,1-2,5-7H2. The number of hydrogen-bond acceptors (Lipinski definition) is 2. The fourth-order valence-electron chi connectivity index (χ4n) is 0.884. The monoisotopic (exact) mass is 154 g/mol. The average Bonchev–Trinajstić information content (AvgIpc) is 2.76. The molecule has 1 rings (SSSR count). The zero-order valence-corrected chi connectivity index (χ0v) is 6.66. The first kappa shape index (κ1) is 8.50. The largest absolute Gasteiger partial charge is 0.371 e. The minimum atomic E-state index is 0.299. The maximum Gasteiger partial charge on any atom is 0.0867 e. The van der Waals surface area contributed by atoms with Crippen LogP contribution in [-0.2, 0) is 9.47 Å². The molecule has 0 aromatic rings. The minimum absolute atomic E-state index is 0.299. The summed E-state index contributed by atoms with van der Waals surface area (Å²) in [6.45, 7) is 8.38. The summed E-state index contributed by atoms with van der Waals surface area (Å²) < 4.78 is 10.7. The molecule has 2 heteroatoms. The van der Waals surface area contributed by atoms with Gasteiger partial charge in [0.25, 0.3) is 0 Å². The van der Waals surface area contributed by atoms with Gasteiger partial charge < -0.3 is 9.47 Å². The molecule has 0 spiro atoms. The molecule has 0 N–H and O–H groups in total. The summed E-state index contributed by atoms with van der Waals surface area (Å²) in [7, 11) is 0. The zero-order chi connectivity index (χ0) is 8.10. The van der Waals surface area contributed by atoms with E-state index in [0.717, 1.165) is 6.42 Å². The Hall–Kier alpha value is -0.600. The molecule has 0 saturated heterocycles. The summed E-state index contributed by atoms with van der Waals surface area (Å²) in [5.41, 5.74) is 0. The predicted octanol–water partition coefficient (Wildman–Crippen LogP) is 1.53. The van der Waals surface area contributed by atoms with Gasteiger partial charge in [-0.15, -0.1) is 13.2 Å². The van der Waals surface area contributed by atoms with Crippen LogP contribution in [0.25, 0.3) is 0 Å². The molecule has 1 aliphatic carbocycles. The van der Waals surface area contributed by atoms with Crippen molar-refractivity contribution in [2.75, 3.05) is 13.2 Å². The first-order chi connectivity index (χ1) is 5.38. The third-order valence-corrected chi connectivity index (χ3v) is 1.53. The van der Waals surface area contributed by atoms with E-state index in [4.69, 9.17) is 9.47 Å². The fraction of sp³-hybridized carbons (Fsp3) is 0.556. The lowest BCUT2D eigenvalue weighted by molar-refractivity contribution is 0.0659. The van der Waals surface area contributed by atoms with Crippen molar-refractivity contribution >= 4 is 0 Å². The summed E-state index contributed by atoms with van der Waals surface area (Å²) >= 11 is 0. The van der Waals surface area contributed by atoms with Crippen LogP contribution < -0.4 is 0 Å². The molecular weight excluding hydrogens is 140 g/mol. The summed E-state index contributed by atoms with van der Waals surface area (Å²) in [6.07, 6.45) is 5.12. The van der Waals surface area contributed by atoms with Gasteiger partial charge in [0.15, 0.2) is 0 Å². The average molecular weight is 154 g/mol. The van der Waals surface area contributed by atoms with Crippen LogP contribution in [0.15, 0.2) is 25.3 Å². The van der Waals surface area contributed by atoms with Gasteiger partial charge in [0.2, 0.25) is 0 Å². The van der Waals surface area contributed by atoms with Gasteiger partial charge in [0.1, 0.15) is 0 Å². The quantitative estimate of drug-likeness (QED) is 0.540. The van der Waals surface area contributed by atoms with E-state index in [-0.39, 0.29) is 0 Å². The van der Waals surface area contributed by atoms with E-state index in [1.54, 1.807) is 12.2 Å². The zero-order valence-electron chi connectivity index (χ0n) is 6.66. The molecule has 0 aliphatic heterocycles. The van der Waals surface area contributed by atoms with Crippen molar-refractivity contribution < 1.29 is 9.47 Å². The maximum atomic E-state index is 5.33. The molecule has 0 amide bonds. The first-order valence-corrected chi connectivity index (χ1v) is 3.83. The Labute approximate surface area is 67.5 Å². The van der Waals surface area contributed by atoms with E-state index in [2.05, 4.69) is 13.2 Å². The third kappa shape index (κ3) is 2.87. The third-order valence-electron chi connectivity index (χ3n) is 1.53. The van der Waals surface area contributed by atoms with Crippen LogP contribution >= 0.6 is 0 Å². The Bertz CT molecular complexity index is 126. The molecule has 2 atom stereocenters. The molecule has 0 aromatic carbocycles. The molecule has 1 aliphatic rings. The van der Waals surface area contributed by atoms with Gasteiger partial charge in [-0.25, -0.2) is 0 Å². The molecule has 0 aromatic heterocycles. The summed E-state index contributed by atoms with van der Waals surface area (Å²) in [6, 6.07) is 0. The van der Waals surface area contributed by atoms with Crippen LogP contribution in [0.4, 0.5) is 0 Å². The lowest BCUT2D eigenvalue weighted by Crippen LogP contribution is -2.03. The highest BCUT2D eigenvalue weighted by Crippen LogP contribution is 2.28. The Morgan fingerprint density at radius 2 is 1.55 bits per heavy atom. The topological polar surface area (TPSA) is 18.5 Å². The Kier molecular flexibility index (Phi) is 3.33. The lowest BCUT2D eigenvalue weighted by Gasteiger charge is -1.99. The maximum absolute atomic E-state index is 5.33. The van der Waals surface area contributed by atoms with Crippen LogP contribution in [0.1, 0.15) is 6.42 Å². The minimum Gasteiger partial charge on any atom is -0.371 e. The normalized spacial score (nSPS) is 28.0. The van der Waals surface area contributed by atoms with Crippen LogP contribution in [-0.4, -0.2) is 25.4 Å². The van der Waals surface area contributed by atoms with Crippen molar-refractivity contribution in [3.63, 3.8) is 0 Å². The summed E-state index contributed by atoms with van der Waals surface area (Å²) in [5, 5.41) is 0. The molecule has 0 radical (unpaired) electrons. The van der Waals surface area contributed by atoms with E-state index < -0.39 is 0 Å². The SMILES string of the molecule is C=CCOC1CC1OCC=C. The number of ether oxygens (including phenoxy) is 2. The molecule has 1 fully saturated rings. The van der Waals surface area contributed by atoms with Crippen LogP contribution in [0.3, 0.4) is 0 Å². The van der Waals surface area contributed by atoms with Crippen molar-refractivity contribution in [3.8, 4) is 0 Å². The van der Waals surface area contributed by atoms with Gasteiger partial charge in [-0.05, 0) is 0 Å². The second kappa shape index (κ2) is 4.31. The molecule has 2 nitrogen and oxygen atoms in total. The van der Waals surface area contributed by atoms with Crippen molar-refractivity contribution in [2.24, 2.45) is 0 Å². The van der Waals surface area contributed by atoms with Gasteiger partial charge in [0, 0.05) is 6.42 Å².